The molecule has 0 unspecified atom stereocenters. The maximum absolute atomic E-state index is 15.4. The van der Waals surface area contributed by atoms with E-state index in [1.807, 2.05) is 34.1 Å². The van der Waals surface area contributed by atoms with E-state index >= 15 is 4.39 Å². The number of hydrogen-bond donors (Lipinski definition) is 0. The van der Waals surface area contributed by atoms with Gasteiger partial charge in [-0.25, -0.2) is 9.97 Å². The van der Waals surface area contributed by atoms with Crippen LogP contribution in [0.1, 0.15) is 51.0 Å². The summed E-state index contributed by atoms with van der Waals surface area (Å²) in [5.74, 6) is 1.53. The van der Waals surface area contributed by atoms with E-state index in [9.17, 15) is 4.79 Å². The Bertz CT molecular complexity index is 990. The van der Waals surface area contributed by atoms with Gasteiger partial charge >= 0.3 is 0 Å². The number of morpholine rings is 1. The van der Waals surface area contributed by atoms with Crippen LogP contribution in [0.25, 0.3) is 0 Å². The van der Waals surface area contributed by atoms with Gasteiger partial charge in [0, 0.05) is 32.5 Å². The molecule has 7 nitrogen and oxygen atoms in total. The number of ketones is 1. The van der Waals surface area contributed by atoms with E-state index in [4.69, 9.17) is 9.47 Å². The van der Waals surface area contributed by atoms with Crippen molar-refractivity contribution in [3.05, 3.63) is 42.0 Å². The third-order valence-corrected chi connectivity index (χ3v) is 6.89. The molecule has 3 aliphatic rings. The third-order valence-electron chi connectivity index (χ3n) is 6.89. The molecule has 1 aromatic carbocycles. The Morgan fingerprint density at radius 3 is 2.42 bits per heavy atom. The van der Waals surface area contributed by atoms with Gasteiger partial charge < -0.3 is 24.1 Å². The van der Waals surface area contributed by atoms with Crippen molar-refractivity contribution in [2.45, 2.75) is 63.8 Å². The van der Waals surface area contributed by atoms with Gasteiger partial charge in [0.1, 0.15) is 24.0 Å². The lowest BCUT2D eigenvalue weighted by Gasteiger charge is -2.33. The minimum absolute atomic E-state index is 0.0393. The molecule has 3 fully saturated rings. The highest BCUT2D eigenvalue weighted by atomic mass is 19.1. The zero-order chi connectivity index (χ0) is 22.9. The molecule has 8 heteroatoms. The van der Waals surface area contributed by atoms with E-state index in [0.717, 1.165) is 30.6 Å². The molecular weight excluding hydrogens is 423 g/mol. The average Bonchev–Trinajstić information content (AvgIpc) is 3.39. The Morgan fingerprint density at radius 1 is 1.09 bits per heavy atom. The molecule has 0 saturated carbocycles. The summed E-state index contributed by atoms with van der Waals surface area (Å²) >= 11 is 0. The molecule has 4 atom stereocenters. The largest absolute Gasteiger partial charge is 0.489 e. The molecule has 0 amide bonds. The second-order valence-electron chi connectivity index (χ2n) is 9.55. The number of anilines is 2. The van der Waals surface area contributed by atoms with Gasteiger partial charge in [0.2, 0.25) is 5.82 Å². The van der Waals surface area contributed by atoms with Crippen molar-refractivity contribution >= 4 is 17.4 Å². The SMILES string of the molecule is CC(=O)C[C@@H](C)c1ccc(O[C@@H]2CCN(c3ncnc(N4C[C@@H]5CC[C@@H](C4)O5)c3F)C2)cc1. The van der Waals surface area contributed by atoms with Crippen LogP contribution in [0.3, 0.4) is 0 Å². The van der Waals surface area contributed by atoms with Gasteiger partial charge in [0.15, 0.2) is 11.6 Å². The van der Waals surface area contributed by atoms with Crippen LogP contribution in [0, 0.1) is 5.82 Å². The van der Waals surface area contributed by atoms with Gasteiger partial charge in [-0.3, -0.25) is 0 Å². The average molecular weight is 455 g/mol. The number of ether oxygens (including phenoxy) is 2. The van der Waals surface area contributed by atoms with E-state index in [0.29, 0.717) is 44.2 Å². The summed E-state index contributed by atoms with van der Waals surface area (Å²) in [4.78, 5) is 23.8. The minimum Gasteiger partial charge on any atom is -0.489 e. The van der Waals surface area contributed by atoms with Crippen LogP contribution < -0.4 is 14.5 Å². The van der Waals surface area contributed by atoms with Gasteiger partial charge in [-0.15, -0.1) is 0 Å². The minimum atomic E-state index is -0.358. The number of Topliss-reactive ketones (excluding diaryl/α,β-unsaturated/α-hetero) is 1. The van der Waals surface area contributed by atoms with Crippen LogP contribution in [-0.2, 0) is 9.53 Å². The van der Waals surface area contributed by atoms with Crippen molar-refractivity contribution in [3.63, 3.8) is 0 Å². The number of rotatable bonds is 7. The fourth-order valence-corrected chi connectivity index (χ4v) is 5.21. The lowest BCUT2D eigenvalue weighted by Crippen LogP contribution is -2.43. The quantitative estimate of drug-likeness (QED) is 0.632. The second kappa shape index (κ2) is 9.25. The first kappa shape index (κ1) is 22.1. The molecule has 2 aromatic rings. The number of aromatic nitrogens is 2. The standard InChI is InChI=1S/C25H31FN4O3/c1-16(11-17(2)31)18-3-5-19(6-4-18)32-22-9-10-29(12-22)24-23(26)25(28-15-27-24)30-13-20-7-8-21(14-30)33-20/h3-6,15-16,20-22H,7-14H2,1-2H3/t16-,20+,21+,22-/m1/s1. The van der Waals surface area contributed by atoms with E-state index in [1.54, 1.807) is 6.92 Å². The first-order valence-corrected chi connectivity index (χ1v) is 11.9. The monoisotopic (exact) mass is 454 g/mol. The predicted molar refractivity (Wildman–Crippen MR) is 123 cm³/mol. The number of fused-ring (bicyclic) bond motifs is 2. The highest BCUT2D eigenvalue weighted by molar-refractivity contribution is 5.76. The molecule has 1 aromatic heterocycles. The molecule has 2 bridgehead atoms. The molecule has 3 aliphatic heterocycles. The summed E-state index contributed by atoms with van der Waals surface area (Å²) in [5, 5.41) is 0. The first-order chi connectivity index (χ1) is 16.0. The molecule has 5 rings (SSSR count). The number of nitrogens with zero attached hydrogens (tertiary/aromatic N) is 4. The summed E-state index contributed by atoms with van der Waals surface area (Å²) in [7, 11) is 0. The van der Waals surface area contributed by atoms with Crippen molar-refractivity contribution in [2.75, 3.05) is 36.0 Å². The Hall–Kier alpha value is -2.74. The fraction of sp³-hybridized carbons (Fsp3) is 0.560. The molecule has 176 valence electrons. The van der Waals surface area contributed by atoms with E-state index < -0.39 is 0 Å². The number of halogens is 1. The van der Waals surface area contributed by atoms with Gasteiger partial charge in [-0.05, 0) is 43.4 Å². The third kappa shape index (κ3) is 4.81. The molecule has 33 heavy (non-hydrogen) atoms. The van der Waals surface area contributed by atoms with E-state index in [-0.39, 0.29) is 35.8 Å². The lowest BCUT2D eigenvalue weighted by atomic mass is 9.96. The Balaban J connectivity index is 1.22. The molecule has 0 radical (unpaired) electrons. The van der Waals surface area contributed by atoms with Crippen LogP contribution in [0.4, 0.5) is 16.0 Å². The lowest BCUT2D eigenvalue weighted by molar-refractivity contribution is -0.117. The fourth-order valence-electron chi connectivity index (χ4n) is 5.21. The van der Waals surface area contributed by atoms with Crippen LogP contribution in [0.15, 0.2) is 30.6 Å². The van der Waals surface area contributed by atoms with Crippen LogP contribution in [0.2, 0.25) is 0 Å². The molecule has 3 saturated heterocycles. The number of carbonyl (C=O) groups excluding carboxylic acids is 1. The summed E-state index contributed by atoms with van der Waals surface area (Å²) in [6.07, 6.45) is 5.15. The van der Waals surface area contributed by atoms with Gasteiger partial charge in [-0.2, -0.15) is 4.39 Å². The van der Waals surface area contributed by atoms with E-state index in [1.165, 1.54) is 6.33 Å². The number of hydrogen-bond acceptors (Lipinski definition) is 7. The van der Waals surface area contributed by atoms with Gasteiger partial charge in [0.25, 0.3) is 0 Å². The highest BCUT2D eigenvalue weighted by Crippen LogP contribution is 2.33. The van der Waals surface area contributed by atoms with Crippen molar-refractivity contribution in [2.24, 2.45) is 0 Å². The maximum atomic E-state index is 15.4. The van der Waals surface area contributed by atoms with Crippen molar-refractivity contribution in [3.8, 4) is 5.75 Å². The van der Waals surface area contributed by atoms with Crippen molar-refractivity contribution in [1.29, 1.82) is 0 Å². The van der Waals surface area contributed by atoms with E-state index in [2.05, 4.69) is 16.9 Å². The normalized spacial score (nSPS) is 25.4. The molecule has 0 N–H and O–H groups in total. The van der Waals surface area contributed by atoms with Crippen molar-refractivity contribution < 1.29 is 18.7 Å². The van der Waals surface area contributed by atoms with Crippen LogP contribution in [0.5, 0.6) is 5.75 Å². The van der Waals surface area contributed by atoms with Crippen LogP contribution in [-0.4, -0.2) is 60.2 Å². The Morgan fingerprint density at radius 2 is 1.76 bits per heavy atom. The van der Waals surface area contributed by atoms with Crippen LogP contribution >= 0.6 is 0 Å². The first-order valence-electron chi connectivity index (χ1n) is 11.9. The summed E-state index contributed by atoms with van der Waals surface area (Å²) < 4.78 is 27.5. The topological polar surface area (TPSA) is 67.8 Å². The van der Waals surface area contributed by atoms with Gasteiger partial charge in [-0.1, -0.05) is 19.1 Å². The summed E-state index contributed by atoms with van der Waals surface area (Å²) in [6, 6.07) is 7.93. The molecular formula is C25H31FN4O3. The van der Waals surface area contributed by atoms with Crippen molar-refractivity contribution in [1.82, 2.24) is 9.97 Å². The number of benzene rings is 1. The summed E-state index contributed by atoms with van der Waals surface area (Å²) in [6.45, 7) is 6.28. The van der Waals surface area contributed by atoms with Gasteiger partial charge in [0.05, 0.1) is 18.8 Å². The number of carbonyl (C=O) groups is 1. The second-order valence-corrected chi connectivity index (χ2v) is 9.55. The molecule has 0 aliphatic carbocycles. The highest BCUT2D eigenvalue weighted by Gasteiger charge is 2.36. The molecule has 0 spiro atoms. The predicted octanol–water partition coefficient (Wildman–Crippen LogP) is 3.72. The Labute approximate surface area is 193 Å². The zero-order valence-electron chi connectivity index (χ0n) is 19.2. The maximum Gasteiger partial charge on any atom is 0.208 e. The summed E-state index contributed by atoms with van der Waals surface area (Å²) in [5.41, 5.74) is 1.12. The smallest absolute Gasteiger partial charge is 0.208 e. The Kier molecular flexibility index (Phi) is 6.19. The molecule has 4 heterocycles. The zero-order valence-corrected chi connectivity index (χ0v) is 19.2.